The zero-order valence-corrected chi connectivity index (χ0v) is 18.5. The van der Waals surface area contributed by atoms with E-state index < -0.39 is 11.8 Å². The van der Waals surface area contributed by atoms with Crippen LogP contribution in [0.25, 0.3) is 6.08 Å². The van der Waals surface area contributed by atoms with Crippen LogP contribution in [0.5, 0.6) is 11.5 Å². The number of anilines is 1. The fraction of sp³-hybridized carbons (Fsp3) is 0.0833. The first-order valence-corrected chi connectivity index (χ1v) is 10.4. The Balaban J connectivity index is 1.67. The number of benzene rings is 3. The zero-order valence-electron chi connectivity index (χ0n) is 16.9. The van der Waals surface area contributed by atoms with Gasteiger partial charge in [-0.2, -0.15) is 0 Å². The molecule has 0 unspecified atom stereocenters. The van der Waals surface area contributed by atoms with Crippen molar-refractivity contribution in [1.82, 2.24) is 5.32 Å². The van der Waals surface area contributed by atoms with Crippen molar-refractivity contribution in [2.75, 3.05) is 12.1 Å². The third kappa shape index (κ3) is 4.88. The summed E-state index contributed by atoms with van der Waals surface area (Å²) in [6.45, 7) is 1.97. The van der Waals surface area contributed by atoms with E-state index >= 15 is 0 Å². The lowest BCUT2D eigenvalue weighted by atomic mass is 10.1. The van der Waals surface area contributed by atoms with Gasteiger partial charge in [0.15, 0.2) is 11.5 Å². The van der Waals surface area contributed by atoms with Crippen LogP contribution in [0.2, 0.25) is 10.0 Å². The summed E-state index contributed by atoms with van der Waals surface area (Å²) in [5.74, 6) is 0.137. The highest BCUT2D eigenvalue weighted by Crippen LogP contribution is 2.33. The van der Waals surface area contributed by atoms with E-state index in [0.717, 1.165) is 5.56 Å². The highest BCUT2D eigenvalue weighted by atomic mass is 35.5. The molecule has 0 saturated carbocycles. The molecule has 0 spiro atoms. The second-order valence-corrected chi connectivity index (χ2v) is 7.86. The van der Waals surface area contributed by atoms with Crippen LogP contribution < -0.4 is 20.1 Å². The van der Waals surface area contributed by atoms with Gasteiger partial charge in [0.2, 0.25) is 6.79 Å². The first kappa shape index (κ1) is 21.7. The minimum absolute atomic E-state index is 0.0214. The summed E-state index contributed by atoms with van der Waals surface area (Å²) in [4.78, 5) is 26.0. The van der Waals surface area contributed by atoms with Crippen molar-refractivity contribution in [2.24, 2.45) is 0 Å². The Morgan fingerprint density at radius 1 is 0.969 bits per heavy atom. The molecule has 0 saturated heterocycles. The van der Waals surface area contributed by atoms with E-state index in [-0.39, 0.29) is 23.1 Å². The molecular formula is C24H18Cl2N2O4. The topological polar surface area (TPSA) is 76.7 Å². The molecule has 3 aromatic carbocycles. The Hall–Kier alpha value is -3.48. The van der Waals surface area contributed by atoms with Crippen LogP contribution >= 0.6 is 23.2 Å². The fourth-order valence-electron chi connectivity index (χ4n) is 3.08. The molecular weight excluding hydrogens is 451 g/mol. The normalized spacial score (nSPS) is 12.4. The molecule has 0 atom stereocenters. The van der Waals surface area contributed by atoms with Gasteiger partial charge in [0, 0.05) is 10.7 Å². The van der Waals surface area contributed by atoms with E-state index in [9.17, 15) is 9.59 Å². The largest absolute Gasteiger partial charge is 0.454 e. The van der Waals surface area contributed by atoms with Crippen molar-refractivity contribution < 1.29 is 19.1 Å². The first-order chi connectivity index (χ1) is 15.4. The smallest absolute Gasteiger partial charge is 0.272 e. The number of carbonyl (C=O) groups excluding carboxylic acids is 2. The van der Waals surface area contributed by atoms with Gasteiger partial charge in [-0.3, -0.25) is 9.59 Å². The van der Waals surface area contributed by atoms with Crippen molar-refractivity contribution in [1.29, 1.82) is 0 Å². The summed E-state index contributed by atoms with van der Waals surface area (Å²) in [6, 6.07) is 17.0. The molecule has 6 nitrogen and oxygen atoms in total. The number of hydrogen-bond acceptors (Lipinski definition) is 4. The summed E-state index contributed by atoms with van der Waals surface area (Å²) >= 11 is 12.2. The van der Waals surface area contributed by atoms with Gasteiger partial charge >= 0.3 is 0 Å². The van der Waals surface area contributed by atoms with Gasteiger partial charge in [-0.05, 0) is 60.5 Å². The third-order valence-corrected chi connectivity index (χ3v) is 5.33. The summed E-state index contributed by atoms with van der Waals surface area (Å²) in [7, 11) is 0. The van der Waals surface area contributed by atoms with Gasteiger partial charge in [-0.15, -0.1) is 0 Å². The summed E-state index contributed by atoms with van der Waals surface area (Å²) in [5, 5.41) is 6.22. The van der Waals surface area contributed by atoms with Crippen LogP contribution in [-0.2, 0) is 4.79 Å². The van der Waals surface area contributed by atoms with Crippen molar-refractivity contribution in [2.45, 2.75) is 6.92 Å². The number of rotatable bonds is 5. The highest BCUT2D eigenvalue weighted by molar-refractivity contribution is 6.34. The molecule has 3 aromatic rings. The molecule has 2 amide bonds. The maximum absolute atomic E-state index is 13.1. The standard InChI is InChI=1S/C24H18Cl2N2O4/c1-14-6-8-16(25)12-19(14)27-24(30)20(28-23(29)17-4-2-3-5-18(17)26)10-15-7-9-21-22(11-15)32-13-31-21/h2-12H,13H2,1H3,(H,27,30)(H,28,29)/b20-10+. The van der Waals surface area contributed by atoms with Crippen LogP contribution in [0.4, 0.5) is 5.69 Å². The zero-order chi connectivity index (χ0) is 22.7. The molecule has 4 rings (SSSR count). The quantitative estimate of drug-likeness (QED) is 0.488. The van der Waals surface area contributed by atoms with Crippen LogP contribution in [0, 0.1) is 6.92 Å². The Labute approximate surface area is 194 Å². The van der Waals surface area contributed by atoms with E-state index in [4.69, 9.17) is 32.7 Å². The number of ether oxygens (including phenoxy) is 2. The Morgan fingerprint density at radius 2 is 1.75 bits per heavy atom. The van der Waals surface area contributed by atoms with Crippen molar-refractivity contribution in [3.05, 3.63) is 93.1 Å². The van der Waals surface area contributed by atoms with Crippen LogP contribution in [0.1, 0.15) is 21.5 Å². The number of fused-ring (bicyclic) bond motifs is 1. The van der Waals surface area contributed by atoms with Gasteiger partial charge in [-0.25, -0.2) is 0 Å². The van der Waals surface area contributed by atoms with Gasteiger partial charge < -0.3 is 20.1 Å². The van der Waals surface area contributed by atoms with Gasteiger partial charge in [0.1, 0.15) is 5.70 Å². The monoisotopic (exact) mass is 468 g/mol. The van der Waals surface area contributed by atoms with Gasteiger partial charge in [0.25, 0.3) is 11.8 Å². The molecule has 162 valence electrons. The number of carbonyl (C=O) groups is 2. The van der Waals surface area contributed by atoms with Gasteiger partial charge in [-0.1, -0.05) is 47.5 Å². The molecule has 2 N–H and O–H groups in total. The lowest BCUT2D eigenvalue weighted by molar-refractivity contribution is -0.113. The summed E-state index contributed by atoms with van der Waals surface area (Å²) in [6.07, 6.45) is 1.55. The second-order valence-electron chi connectivity index (χ2n) is 7.02. The lowest BCUT2D eigenvalue weighted by Crippen LogP contribution is -2.31. The van der Waals surface area contributed by atoms with E-state index in [1.54, 1.807) is 66.7 Å². The second kappa shape index (κ2) is 9.34. The minimum Gasteiger partial charge on any atom is -0.454 e. The minimum atomic E-state index is -0.520. The Bertz CT molecular complexity index is 1240. The maximum atomic E-state index is 13.1. The fourth-order valence-corrected chi connectivity index (χ4v) is 3.48. The molecule has 1 heterocycles. The molecule has 0 fully saturated rings. The maximum Gasteiger partial charge on any atom is 0.272 e. The van der Waals surface area contributed by atoms with E-state index in [1.807, 2.05) is 6.92 Å². The number of aryl methyl sites for hydroxylation is 1. The number of nitrogens with one attached hydrogen (secondary N) is 2. The van der Waals surface area contributed by atoms with Gasteiger partial charge in [0.05, 0.1) is 10.6 Å². The van der Waals surface area contributed by atoms with Crippen LogP contribution in [0.3, 0.4) is 0 Å². The molecule has 1 aliphatic rings. The lowest BCUT2D eigenvalue weighted by Gasteiger charge is -2.13. The molecule has 8 heteroatoms. The van der Waals surface area contributed by atoms with Crippen LogP contribution in [-0.4, -0.2) is 18.6 Å². The molecule has 0 radical (unpaired) electrons. The van der Waals surface area contributed by atoms with E-state index in [2.05, 4.69) is 10.6 Å². The first-order valence-electron chi connectivity index (χ1n) is 9.65. The third-order valence-electron chi connectivity index (χ3n) is 4.77. The average molecular weight is 469 g/mol. The predicted octanol–water partition coefficient (Wildman–Crippen LogP) is 5.44. The number of halogens is 2. The SMILES string of the molecule is Cc1ccc(Cl)cc1NC(=O)/C(=C\c1ccc2c(c1)OCO2)NC(=O)c1ccccc1Cl. The Kier molecular flexibility index (Phi) is 6.35. The number of hydrogen-bond donors (Lipinski definition) is 2. The summed E-state index contributed by atoms with van der Waals surface area (Å²) in [5.41, 5.74) is 2.26. The molecule has 1 aliphatic heterocycles. The molecule has 0 bridgehead atoms. The number of amides is 2. The predicted molar refractivity (Wildman–Crippen MR) is 124 cm³/mol. The van der Waals surface area contributed by atoms with E-state index in [1.165, 1.54) is 0 Å². The van der Waals surface area contributed by atoms with Crippen molar-refractivity contribution in [3.63, 3.8) is 0 Å². The molecule has 32 heavy (non-hydrogen) atoms. The molecule has 0 aliphatic carbocycles. The average Bonchev–Trinajstić information content (AvgIpc) is 3.24. The highest BCUT2D eigenvalue weighted by Gasteiger charge is 2.19. The Morgan fingerprint density at radius 3 is 2.56 bits per heavy atom. The van der Waals surface area contributed by atoms with Crippen LogP contribution in [0.15, 0.2) is 66.4 Å². The van der Waals surface area contributed by atoms with Crippen molar-refractivity contribution >= 4 is 46.8 Å². The summed E-state index contributed by atoms with van der Waals surface area (Å²) < 4.78 is 10.7. The molecule has 0 aromatic heterocycles. The van der Waals surface area contributed by atoms with Crippen molar-refractivity contribution in [3.8, 4) is 11.5 Å². The van der Waals surface area contributed by atoms with E-state index in [0.29, 0.717) is 27.8 Å².